The number of thiocarbonyl (C=S) groups is 1. The van der Waals surface area contributed by atoms with Crippen molar-refractivity contribution in [2.45, 2.75) is 18.9 Å². The summed E-state index contributed by atoms with van der Waals surface area (Å²) >= 11 is 5.28. The van der Waals surface area contributed by atoms with Crippen molar-refractivity contribution < 1.29 is 19.0 Å². The van der Waals surface area contributed by atoms with Gasteiger partial charge < -0.3 is 19.5 Å². The predicted octanol–water partition coefficient (Wildman–Crippen LogP) is 1.79. The molecule has 1 amide bonds. The van der Waals surface area contributed by atoms with Crippen LogP contribution in [0.15, 0.2) is 24.3 Å². The minimum Gasteiger partial charge on any atom is -0.493 e. The molecular formula is C18H23N3O4S. The van der Waals surface area contributed by atoms with Crippen molar-refractivity contribution in [1.29, 1.82) is 0 Å². The van der Waals surface area contributed by atoms with E-state index in [1.54, 1.807) is 12.1 Å². The molecule has 140 valence electrons. The fraction of sp³-hybridized carbons (Fsp3) is 0.444. The average Bonchev–Trinajstić information content (AvgIpc) is 3.27. The van der Waals surface area contributed by atoms with Gasteiger partial charge in [0.05, 0.1) is 21.3 Å². The highest BCUT2D eigenvalue weighted by Crippen LogP contribution is 2.39. The lowest BCUT2D eigenvalue weighted by atomic mass is 10.0. The van der Waals surface area contributed by atoms with E-state index in [0.717, 1.165) is 6.42 Å². The van der Waals surface area contributed by atoms with Crippen molar-refractivity contribution in [2.75, 3.05) is 21.3 Å². The molecule has 3 rings (SSSR count). The van der Waals surface area contributed by atoms with Crippen LogP contribution in [0.1, 0.15) is 23.2 Å². The smallest absolute Gasteiger partial charge is 0.269 e. The van der Waals surface area contributed by atoms with Crippen LogP contribution in [0.4, 0.5) is 0 Å². The molecule has 0 saturated heterocycles. The number of ether oxygens (including phenoxy) is 3. The van der Waals surface area contributed by atoms with Crippen molar-refractivity contribution in [3.05, 3.63) is 29.8 Å². The van der Waals surface area contributed by atoms with Crippen molar-refractivity contribution >= 4 is 23.2 Å². The number of hydrazine groups is 1. The zero-order valence-electron chi connectivity index (χ0n) is 15.0. The maximum absolute atomic E-state index is 12.4. The normalized spacial score (nSPS) is 22.7. The number of allylic oxidation sites excluding steroid dienone is 1. The molecule has 0 aromatic heterocycles. The fourth-order valence-corrected chi connectivity index (χ4v) is 3.75. The van der Waals surface area contributed by atoms with Crippen molar-refractivity contribution in [2.24, 2.45) is 11.8 Å². The minimum absolute atomic E-state index is 0.322. The van der Waals surface area contributed by atoms with Crippen LogP contribution in [0.2, 0.25) is 0 Å². The monoisotopic (exact) mass is 377 g/mol. The van der Waals surface area contributed by atoms with Gasteiger partial charge in [-0.15, -0.1) is 0 Å². The second-order valence-electron chi connectivity index (χ2n) is 6.35. The van der Waals surface area contributed by atoms with Crippen LogP contribution in [-0.4, -0.2) is 38.4 Å². The number of carbonyl (C=O) groups is 1. The van der Waals surface area contributed by atoms with Gasteiger partial charge in [-0.2, -0.15) is 0 Å². The maximum atomic E-state index is 12.4. The van der Waals surface area contributed by atoms with Crippen LogP contribution >= 0.6 is 12.2 Å². The largest absolute Gasteiger partial charge is 0.493 e. The summed E-state index contributed by atoms with van der Waals surface area (Å²) < 4.78 is 15.8. The third-order valence-electron chi connectivity index (χ3n) is 4.81. The molecular weight excluding hydrogens is 354 g/mol. The lowest BCUT2D eigenvalue weighted by molar-refractivity contribution is 0.0942. The summed E-state index contributed by atoms with van der Waals surface area (Å²) in [4.78, 5) is 12.4. The number of methoxy groups -OCH3 is 3. The lowest BCUT2D eigenvalue weighted by Gasteiger charge is -2.22. The van der Waals surface area contributed by atoms with Crippen LogP contribution in [0.25, 0.3) is 0 Å². The van der Waals surface area contributed by atoms with Crippen LogP contribution < -0.4 is 30.4 Å². The van der Waals surface area contributed by atoms with Gasteiger partial charge in [-0.3, -0.25) is 15.6 Å². The van der Waals surface area contributed by atoms with Gasteiger partial charge in [0.25, 0.3) is 5.91 Å². The zero-order chi connectivity index (χ0) is 18.7. The Bertz CT molecular complexity index is 712. The third-order valence-corrected chi connectivity index (χ3v) is 5.03. The van der Waals surface area contributed by atoms with E-state index >= 15 is 0 Å². The van der Waals surface area contributed by atoms with E-state index in [-0.39, 0.29) is 5.91 Å². The summed E-state index contributed by atoms with van der Waals surface area (Å²) in [6.07, 6.45) is 6.76. The highest BCUT2D eigenvalue weighted by molar-refractivity contribution is 7.80. The molecule has 1 aromatic rings. The second kappa shape index (κ2) is 7.82. The standard InChI is InChI=1S/C18H23N3O4S/c1-23-14-8-12(9-15(24-2)16(14)25-3)17(22)20-21-18(26)19-13-7-10-4-5-11(13)6-10/h4-5,8-11,13H,6-7H2,1-3H3,(H,20,22)(H2,19,21,26). The Morgan fingerprint density at radius 1 is 1.04 bits per heavy atom. The molecule has 0 aliphatic heterocycles. The van der Waals surface area contributed by atoms with Gasteiger partial charge in [-0.25, -0.2) is 0 Å². The Morgan fingerprint density at radius 3 is 2.23 bits per heavy atom. The number of benzene rings is 1. The molecule has 26 heavy (non-hydrogen) atoms. The van der Waals surface area contributed by atoms with Gasteiger partial charge in [0.1, 0.15) is 0 Å². The molecule has 2 aliphatic rings. The van der Waals surface area contributed by atoms with Crippen molar-refractivity contribution in [3.63, 3.8) is 0 Å². The number of hydrogen-bond donors (Lipinski definition) is 3. The molecule has 0 heterocycles. The first-order chi connectivity index (χ1) is 12.5. The van der Waals surface area contributed by atoms with Gasteiger partial charge in [0.15, 0.2) is 16.6 Å². The molecule has 2 bridgehead atoms. The molecule has 8 heteroatoms. The second-order valence-corrected chi connectivity index (χ2v) is 6.76. The summed E-state index contributed by atoms with van der Waals surface area (Å²) in [6.45, 7) is 0. The highest BCUT2D eigenvalue weighted by Gasteiger charge is 2.35. The van der Waals surface area contributed by atoms with Crippen LogP contribution in [0.3, 0.4) is 0 Å². The van der Waals surface area contributed by atoms with E-state index in [0.29, 0.717) is 45.8 Å². The highest BCUT2D eigenvalue weighted by atomic mass is 32.1. The van der Waals surface area contributed by atoms with Crippen molar-refractivity contribution in [3.8, 4) is 17.2 Å². The topological polar surface area (TPSA) is 80.9 Å². The molecule has 1 saturated carbocycles. The van der Waals surface area contributed by atoms with Gasteiger partial charge in [0.2, 0.25) is 5.75 Å². The van der Waals surface area contributed by atoms with Crippen LogP contribution in [0.5, 0.6) is 17.2 Å². The van der Waals surface area contributed by atoms with E-state index in [1.165, 1.54) is 27.8 Å². The molecule has 3 N–H and O–H groups in total. The molecule has 3 unspecified atom stereocenters. The van der Waals surface area contributed by atoms with Crippen molar-refractivity contribution in [1.82, 2.24) is 16.2 Å². The number of hydrogen-bond acceptors (Lipinski definition) is 5. The lowest BCUT2D eigenvalue weighted by Crippen LogP contribution is -2.50. The van der Waals surface area contributed by atoms with E-state index in [4.69, 9.17) is 26.4 Å². The van der Waals surface area contributed by atoms with E-state index in [2.05, 4.69) is 28.3 Å². The molecule has 7 nitrogen and oxygen atoms in total. The fourth-order valence-electron chi connectivity index (χ4n) is 3.55. The number of carbonyl (C=O) groups excluding carboxylic acids is 1. The van der Waals surface area contributed by atoms with Crippen LogP contribution in [-0.2, 0) is 0 Å². The first-order valence-electron chi connectivity index (χ1n) is 8.41. The summed E-state index contributed by atoms with van der Waals surface area (Å²) in [5.41, 5.74) is 5.71. The quantitative estimate of drug-likeness (QED) is 0.410. The summed E-state index contributed by atoms with van der Waals surface area (Å²) in [5, 5.41) is 3.67. The predicted molar refractivity (Wildman–Crippen MR) is 102 cm³/mol. The molecule has 3 atom stereocenters. The molecule has 0 spiro atoms. The van der Waals surface area contributed by atoms with Gasteiger partial charge >= 0.3 is 0 Å². The van der Waals surface area contributed by atoms with Gasteiger partial charge in [-0.1, -0.05) is 12.2 Å². The Morgan fingerprint density at radius 2 is 1.73 bits per heavy atom. The van der Waals surface area contributed by atoms with Gasteiger partial charge in [0, 0.05) is 11.6 Å². The number of nitrogens with one attached hydrogen (secondary N) is 3. The van der Waals surface area contributed by atoms with E-state index in [9.17, 15) is 4.79 Å². The average molecular weight is 377 g/mol. The Kier molecular flexibility index (Phi) is 5.51. The number of amides is 1. The minimum atomic E-state index is -0.360. The Labute approximate surface area is 158 Å². The Balaban J connectivity index is 1.59. The molecule has 1 aromatic carbocycles. The molecule has 1 fully saturated rings. The number of fused-ring (bicyclic) bond motifs is 2. The number of rotatable bonds is 5. The maximum Gasteiger partial charge on any atom is 0.269 e. The summed E-state index contributed by atoms with van der Waals surface area (Å²) in [6, 6.07) is 3.48. The Hall–Kier alpha value is -2.48. The zero-order valence-corrected chi connectivity index (χ0v) is 15.8. The van der Waals surface area contributed by atoms with E-state index < -0.39 is 0 Å². The van der Waals surface area contributed by atoms with Crippen LogP contribution in [0, 0.1) is 11.8 Å². The van der Waals surface area contributed by atoms with Gasteiger partial charge in [-0.05, 0) is 49.0 Å². The third kappa shape index (κ3) is 3.70. The summed E-state index contributed by atoms with van der Waals surface area (Å²) in [7, 11) is 4.51. The first kappa shape index (κ1) is 18.3. The van der Waals surface area contributed by atoms with E-state index in [1.807, 2.05) is 0 Å². The molecule has 0 radical (unpaired) electrons. The SMILES string of the molecule is COc1cc(C(=O)NNC(=S)NC2CC3C=CC2C3)cc(OC)c1OC. The first-order valence-corrected chi connectivity index (χ1v) is 8.81. The molecule has 2 aliphatic carbocycles. The summed E-state index contributed by atoms with van der Waals surface area (Å²) in [5.74, 6) is 2.06.